The molecule has 1 N–H and O–H groups in total. The number of anilines is 1. The molecule has 6 heteroatoms. The quantitative estimate of drug-likeness (QED) is 0.874. The molecule has 5 nitrogen and oxygen atoms in total. The second kappa shape index (κ2) is 4.93. The van der Waals surface area contributed by atoms with Crippen molar-refractivity contribution in [1.29, 1.82) is 0 Å². The molecule has 0 bridgehead atoms. The Hall–Kier alpha value is -2.01. The molecule has 0 unspecified atom stereocenters. The number of carbonyl (C=O) groups is 1. The van der Waals surface area contributed by atoms with Crippen LogP contribution in [0.3, 0.4) is 0 Å². The van der Waals surface area contributed by atoms with Crippen LogP contribution in [0.5, 0.6) is 0 Å². The van der Waals surface area contributed by atoms with Crippen LogP contribution in [-0.4, -0.2) is 20.9 Å². The van der Waals surface area contributed by atoms with Crippen molar-refractivity contribution >= 4 is 23.3 Å². The summed E-state index contributed by atoms with van der Waals surface area (Å²) in [5.74, 6) is 0.716. The fourth-order valence-electron chi connectivity index (χ4n) is 1.73. The number of nitrogens with zero attached hydrogens (tertiary/aromatic N) is 3. The van der Waals surface area contributed by atoms with Gasteiger partial charge in [-0.3, -0.25) is 4.79 Å². The first-order valence-corrected chi connectivity index (χ1v) is 6.36. The predicted octanol–water partition coefficient (Wildman–Crippen LogP) is 2.54. The van der Waals surface area contributed by atoms with E-state index in [0.717, 1.165) is 18.4 Å². The Balaban J connectivity index is 1.84. The van der Waals surface area contributed by atoms with Crippen LogP contribution in [0, 0.1) is 5.92 Å². The van der Waals surface area contributed by atoms with E-state index in [9.17, 15) is 4.79 Å². The van der Waals surface area contributed by atoms with E-state index < -0.39 is 0 Å². The Morgan fingerprint density at radius 1 is 1.26 bits per heavy atom. The average Bonchev–Trinajstić information content (AvgIpc) is 3.23. The maximum atomic E-state index is 11.7. The molecule has 2 heterocycles. The van der Waals surface area contributed by atoms with Gasteiger partial charge < -0.3 is 5.32 Å². The standard InChI is InChI=1S/C13H11ClN4O/c14-13-16-6-4-10(17-13)9-3-5-15-11(7-9)18-12(19)8-1-2-8/h3-8H,1-2H2,(H,15,18,19). The van der Waals surface area contributed by atoms with Crippen molar-refractivity contribution in [3.8, 4) is 11.3 Å². The maximum Gasteiger partial charge on any atom is 0.228 e. The molecule has 96 valence electrons. The molecular formula is C13H11ClN4O. The highest BCUT2D eigenvalue weighted by molar-refractivity contribution is 6.28. The molecule has 1 fully saturated rings. The van der Waals surface area contributed by atoms with Crippen LogP contribution in [0.2, 0.25) is 5.28 Å². The monoisotopic (exact) mass is 274 g/mol. The fraction of sp³-hybridized carbons (Fsp3) is 0.231. The van der Waals surface area contributed by atoms with E-state index in [1.165, 1.54) is 0 Å². The van der Waals surface area contributed by atoms with Crippen LogP contribution in [0.25, 0.3) is 11.3 Å². The first kappa shape index (κ1) is 12.0. The van der Waals surface area contributed by atoms with Gasteiger partial charge in [-0.15, -0.1) is 0 Å². The van der Waals surface area contributed by atoms with E-state index in [2.05, 4.69) is 20.3 Å². The third kappa shape index (κ3) is 2.88. The van der Waals surface area contributed by atoms with Gasteiger partial charge in [0, 0.05) is 23.9 Å². The average molecular weight is 275 g/mol. The summed E-state index contributed by atoms with van der Waals surface area (Å²) in [6, 6.07) is 5.35. The maximum absolute atomic E-state index is 11.7. The molecule has 0 aromatic carbocycles. The van der Waals surface area contributed by atoms with Gasteiger partial charge in [-0.05, 0) is 42.6 Å². The molecule has 0 radical (unpaired) electrons. The predicted molar refractivity (Wildman–Crippen MR) is 71.6 cm³/mol. The summed E-state index contributed by atoms with van der Waals surface area (Å²) in [6.07, 6.45) is 5.15. The molecule has 1 aliphatic carbocycles. The van der Waals surface area contributed by atoms with E-state index in [-0.39, 0.29) is 17.1 Å². The number of amides is 1. The van der Waals surface area contributed by atoms with Gasteiger partial charge >= 0.3 is 0 Å². The van der Waals surface area contributed by atoms with Gasteiger partial charge in [0.25, 0.3) is 0 Å². The van der Waals surface area contributed by atoms with Gasteiger partial charge in [-0.25, -0.2) is 15.0 Å². The van der Waals surface area contributed by atoms with Crippen molar-refractivity contribution in [3.05, 3.63) is 35.9 Å². The smallest absolute Gasteiger partial charge is 0.228 e. The van der Waals surface area contributed by atoms with Gasteiger partial charge in [0.2, 0.25) is 11.2 Å². The zero-order valence-corrected chi connectivity index (χ0v) is 10.8. The number of hydrogen-bond donors (Lipinski definition) is 1. The molecule has 2 aromatic heterocycles. The Bertz CT molecular complexity index is 628. The number of carbonyl (C=O) groups excluding carboxylic acids is 1. The SMILES string of the molecule is O=C(Nc1cc(-c2ccnc(Cl)n2)ccn1)C1CC1. The number of pyridine rings is 1. The van der Waals surface area contributed by atoms with Crippen LogP contribution in [0.4, 0.5) is 5.82 Å². The summed E-state index contributed by atoms with van der Waals surface area (Å²) in [5, 5.41) is 2.99. The Morgan fingerprint density at radius 3 is 2.79 bits per heavy atom. The minimum atomic E-state index is 0.0327. The van der Waals surface area contributed by atoms with Crippen molar-refractivity contribution in [2.75, 3.05) is 5.32 Å². The van der Waals surface area contributed by atoms with E-state index >= 15 is 0 Å². The van der Waals surface area contributed by atoms with Crippen LogP contribution in [0.15, 0.2) is 30.6 Å². The first-order valence-electron chi connectivity index (χ1n) is 5.98. The lowest BCUT2D eigenvalue weighted by atomic mass is 10.2. The minimum Gasteiger partial charge on any atom is -0.310 e. The summed E-state index contributed by atoms with van der Waals surface area (Å²) in [4.78, 5) is 23.8. The van der Waals surface area contributed by atoms with Crippen LogP contribution in [-0.2, 0) is 4.79 Å². The van der Waals surface area contributed by atoms with Crippen LogP contribution < -0.4 is 5.32 Å². The van der Waals surface area contributed by atoms with E-state index in [4.69, 9.17) is 11.6 Å². The second-order valence-corrected chi connectivity index (χ2v) is 4.74. The van der Waals surface area contributed by atoms with E-state index in [1.54, 1.807) is 24.5 Å². The van der Waals surface area contributed by atoms with Crippen molar-refractivity contribution in [1.82, 2.24) is 15.0 Å². The molecule has 1 saturated carbocycles. The summed E-state index contributed by atoms with van der Waals surface area (Å²) < 4.78 is 0. The number of halogens is 1. The summed E-state index contributed by atoms with van der Waals surface area (Å²) in [6.45, 7) is 0. The van der Waals surface area contributed by atoms with Crippen LogP contribution in [0.1, 0.15) is 12.8 Å². The van der Waals surface area contributed by atoms with E-state index in [0.29, 0.717) is 11.5 Å². The minimum absolute atomic E-state index is 0.0327. The zero-order valence-electron chi connectivity index (χ0n) is 10.0. The first-order chi connectivity index (χ1) is 9.22. The van der Waals surface area contributed by atoms with Gasteiger partial charge in [-0.1, -0.05) is 0 Å². The highest BCUT2D eigenvalue weighted by Crippen LogP contribution is 2.30. The molecule has 2 aromatic rings. The van der Waals surface area contributed by atoms with Crippen molar-refractivity contribution < 1.29 is 4.79 Å². The van der Waals surface area contributed by atoms with Crippen molar-refractivity contribution in [3.63, 3.8) is 0 Å². The third-order valence-electron chi connectivity index (χ3n) is 2.88. The molecule has 3 rings (SSSR count). The molecule has 1 aliphatic rings. The molecule has 0 spiro atoms. The van der Waals surface area contributed by atoms with Gasteiger partial charge in [0.1, 0.15) is 5.82 Å². The molecule has 1 amide bonds. The lowest BCUT2D eigenvalue weighted by Gasteiger charge is -2.05. The molecular weight excluding hydrogens is 264 g/mol. The number of nitrogens with one attached hydrogen (secondary N) is 1. The largest absolute Gasteiger partial charge is 0.310 e. The third-order valence-corrected chi connectivity index (χ3v) is 3.06. The Kier molecular flexibility index (Phi) is 3.13. The summed E-state index contributed by atoms with van der Waals surface area (Å²) in [7, 11) is 0. The highest BCUT2D eigenvalue weighted by atomic mass is 35.5. The van der Waals surface area contributed by atoms with Crippen LogP contribution >= 0.6 is 11.6 Å². The summed E-state index contributed by atoms with van der Waals surface area (Å²) in [5.41, 5.74) is 1.54. The molecule has 0 atom stereocenters. The Morgan fingerprint density at radius 2 is 2.05 bits per heavy atom. The van der Waals surface area contributed by atoms with E-state index in [1.807, 2.05) is 6.07 Å². The number of hydrogen-bond acceptors (Lipinski definition) is 4. The lowest BCUT2D eigenvalue weighted by molar-refractivity contribution is -0.117. The number of aromatic nitrogens is 3. The second-order valence-electron chi connectivity index (χ2n) is 4.40. The topological polar surface area (TPSA) is 67.8 Å². The molecule has 19 heavy (non-hydrogen) atoms. The molecule has 0 saturated heterocycles. The highest BCUT2D eigenvalue weighted by Gasteiger charge is 2.29. The van der Waals surface area contributed by atoms with Crippen molar-refractivity contribution in [2.24, 2.45) is 5.92 Å². The summed E-state index contributed by atoms with van der Waals surface area (Å²) >= 11 is 5.76. The zero-order chi connectivity index (χ0) is 13.2. The van der Waals surface area contributed by atoms with Crippen molar-refractivity contribution in [2.45, 2.75) is 12.8 Å². The fourth-order valence-corrected chi connectivity index (χ4v) is 1.88. The number of rotatable bonds is 3. The lowest BCUT2D eigenvalue weighted by Crippen LogP contribution is -2.14. The van der Waals surface area contributed by atoms with Gasteiger partial charge in [0.05, 0.1) is 5.69 Å². The van der Waals surface area contributed by atoms with Gasteiger partial charge in [0.15, 0.2) is 0 Å². The van der Waals surface area contributed by atoms with Gasteiger partial charge in [-0.2, -0.15) is 0 Å². The Labute approximate surface area is 115 Å². The normalized spacial score (nSPS) is 14.2. The molecule has 0 aliphatic heterocycles.